The summed E-state index contributed by atoms with van der Waals surface area (Å²) in [6.07, 6.45) is 8.54. The Labute approximate surface area is 185 Å². The van der Waals surface area contributed by atoms with E-state index >= 15 is 0 Å². The number of hydrogen-bond acceptors (Lipinski definition) is 5. The molecule has 0 heterocycles. The van der Waals surface area contributed by atoms with E-state index < -0.39 is 15.7 Å². The van der Waals surface area contributed by atoms with Crippen molar-refractivity contribution in [2.75, 3.05) is 6.26 Å². The molecule has 0 radical (unpaired) electrons. The van der Waals surface area contributed by atoms with Crippen LogP contribution in [0, 0.1) is 39.9 Å². The standard InChI is InChI=1S/C23H32ClNO4S/c1-15-17-6-5-16-18(21(17,2)10-9-20(15)25-29-30(4,27)28)7-11-22(3)19(16)8-12-23(22,26)13-14-24/h16,18-19,26H,5-12H2,1-4H3/b25-20+/t16-,18+,19+,21+,22+,23-/m1/s1. The third kappa shape index (κ3) is 3.24. The van der Waals surface area contributed by atoms with Gasteiger partial charge < -0.3 is 5.11 Å². The SMILES string of the molecule is CC1=C2CC[C@@H]3[C@H](CC[C@@]4(C)[C@H]3CC[C@@]4(O)C#CCl)[C@@]2(C)CC/C1=N\OS(C)(=O)=O. The second-order valence-corrected chi connectivity index (χ2v) is 12.1. The van der Waals surface area contributed by atoms with Crippen molar-refractivity contribution in [3.8, 4) is 11.3 Å². The van der Waals surface area contributed by atoms with Crippen LogP contribution in [0.25, 0.3) is 0 Å². The molecule has 5 nitrogen and oxygen atoms in total. The maximum atomic E-state index is 11.4. The molecule has 0 aromatic carbocycles. The molecule has 7 heteroatoms. The maximum Gasteiger partial charge on any atom is 0.325 e. The molecule has 0 aliphatic heterocycles. The Hall–Kier alpha value is -1.03. The summed E-state index contributed by atoms with van der Waals surface area (Å²) in [4.78, 5) is 0. The summed E-state index contributed by atoms with van der Waals surface area (Å²) in [6, 6.07) is 0. The Morgan fingerprint density at radius 3 is 2.50 bits per heavy atom. The Kier molecular flexibility index (Phi) is 5.36. The highest BCUT2D eigenvalue weighted by molar-refractivity contribution is 7.85. The molecule has 4 rings (SSSR count). The minimum absolute atomic E-state index is 0.0946. The van der Waals surface area contributed by atoms with E-state index in [9.17, 15) is 13.5 Å². The third-order valence-corrected chi connectivity index (χ3v) is 9.57. The molecule has 0 bridgehead atoms. The number of fused-ring (bicyclic) bond motifs is 5. The molecule has 3 saturated carbocycles. The molecule has 30 heavy (non-hydrogen) atoms. The molecule has 0 amide bonds. The van der Waals surface area contributed by atoms with E-state index in [2.05, 4.69) is 37.2 Å². The van der Waals surface area contributed by atoms with Crippen molar-refractivity contribution in [1.29, 1.82) is 0 Å². The monoisotopic (exact) mass is 453 g/mol. The first-order chi connectivity index (χ1) is 14.0. The Morgan fingerprint density at radius 1 is 1.13 bits per heavy atom. The molecule has 0 saturated heterocycles. The number of halogens is 1. The highest BCUT2D eigenvalue weighted by Crippen LogP contribution is 2.67. The molecule has 0 unspecified atom stereocenters. The van der Waals surface area contributed by atoms with Crippen LogP contribution in [0.1, 0.15) is 72.1 Å². The Morgan fingerprint density at radius 2 is 1.83 bits per heavy atom. The van der Waals surface area contributed by atoms with Crippen LogP contribution in [0.5, 0.6) is 0 Å². The highest BCUT2D eigenvalue weighted by Gasteiger charge is 2.63. The lowest BCUT2D eigenvalue weighted by molar-refractivity contribution is -0.0989. The van der Waals surface area contributed by atoms with E-state index in [1.807, 2.05) is 0 Å². The van der Waals surface area contributed by atoms with E-state index in [-0.39, 0.29) is 10.8 Å². The number of hydrogen-bond donors (Lipinski definition) is 1. The Bertz CT molecular complexity index is 977. The lowest BCUT2D eigenvalue weighted by atomic mass is 9.46. The van der Waals surface area contributed by atoms with Crippen LogP contribution >= 0.6 is 11.6 Å². The van der Waals surface area contributed by atoms with Crippen LogP contribution in [0.4, 0.5) is 0 Å². The van der Waals surface area contributed by atoms with Crippen LogP contribution in [0.15, 0.2) is 16.3 Å². The van der Waals surface area contributed by atoms with Gasteiger partial charge in [-0.25, -0.2) is 0 Å². The van der Waals surface area contributed by atoms with Gasteiger partial charge in [-0.05, 0) is 98.6 Å². The fourth-order valence-electron chi connectivity index (χ4n) is 7.52. The van der Waals surface area contributed by atoms with Crippen molar-refractivity contribution in [1.82, 2.24) is 0 Å². The summed E-state index contributed by atoms with van der Waals surface area (Å²) >= 11 is 5.71. The lowest BCUT2D eigenvalue weighted by Gasteiger charge is -2.59. The predicted molar refractivity (Wildman–Crippen MR) is 118 cm³/mol. The number of allylic oxidation sites excluding steroid dienone is 2. The fourth-order valence-corrected chi connectivity index (χ4v) is 7.90. The van der Waals surface area contributed by atoms with Gasteiger partial charge in [-0.1, -0.05) is 30.5 Å². The molecule has 0 spiro atoms. The summed E-state index contributed by atoms with van der Waals surface area (Å²) in [5, 5.41) is 17.7. The molecule has 4 aliphatic carbocycles. The van der Waals surface area contributed by atoms with Crippen LogP contribution in [-0.4, -0.2) is 31.1 Å². The number of aliphatic hydroxyl groups is 1. The first-order valence-corrected chi connectivity index (χ1v) is 13.2. The summed E-state index contributed by atoms with van der Waals surface area (Å²) in [5.41, 5.74) is 2.20. The summed E-state index contributed by atoms with van der Waals surface area (Å²) in [5.74, 6) is 4.54. The molecule has 3 fully saturated rings. The van der Waals surface area contributed by atoms with Gasteiger partial charge in [0.15, 0.2) is 0 Å². The second-order valence-electron chi connectivity index (χ2n) is 10.3. The van der Waals surface area contributed by atoms with Crippen LogP contribution in [0.2, 0.25) is 0 Å². The Balaban J connectivity index is 1.65. The van der Waals surface area contributed by atoms with E-state index in [1.165, 1.54) is 5.57 Å². The third-order valence-electron chi connectivity index (χ3n) is 9.13. The van der Waals surface area contributed by atoms with Crippen molar-refractivity contribution in [2.45, 2.75) is 77.7 Å². The first-order valence-electron chi connectivity index (χ1n) is 11.0. The van der Waals surface area contributed by atoms with Gasteiger partial charge in [0, 0.05) is 10.8 Å². The number of rotatable bonds is 2. The van der Waals surface area contributed by atoms with Gasteiger partial charge in [0.25, 0.3) is 0 Å². The zero-order valence-corrected chi connectivity index (χ0v) is 19.9. The smallest absolute Gasteiger partial charge is 0.325 e. The molecule has 6 atom stereocenters. The van der Waals surface area contributed by atoms with Crippen molar-refractivity contribution in [3.05, 3.63) is 11.1 Å². The topological polar surface area (TPSA) is 76.0 Å². The molecular formula is C23H32ClNO4S. The zero-order valence-electron chi connectivity index (χ0n) is 18.3. The predicted octanol–water partition coefficient (Wildman–Crippen LogP) is 4.60. The zero-order chi connectivity index (χ0) is 21.9. The van der Waals surface area contributed by atoms with Gasteiger partial charge in [0.1, 0.15) is 5.60 Å². The van der Waals surface area contributed by atoms with Crippen molar-refractivity contribution in [2.24, 2.45) is 33.7 Å². The highest BCUT2D eigenvalue weighted by atomic mass is 35.5. The quantitative estimate of drug-likeness (QED) is 0.489. The van der Waals surface area contributed by atoms with Gasteiger partial charge >= 0.3 is 10.1 Å². The van der Waals surface area contributed by atoms with Gasteiger partial charge in [-0.15, -0.1) is 0 Å². The first kappa shape index (κ1) is 22.2. The van der Waals surface area contributed by atoms with Crippen LogP contribution < -0.4 is 0 Å². The van der Waals surface area contributed by atoms with E-state index in [4.69, 9.17) is 15.9 Å². The fraction of sp³-hybridized carbons (Fsp3) is 0.783. The van der Waals surface area contributed by atoms with Gasteiger partial charge in [0.2, 0.25) is 0 Å². The molecule has 4 aliphatic rings. The summed E-state index contributed by atoms with van der Waals surface area (Å²) < 4.78 is 27.5. The average molecular weight is 454 g/mol. The van der Waals surface area contributed by atoms with Gasteiger partial charge in [0.05, 0.1) is 12.0 Å². The summed E-state index contributed by atoms with van der Waals surface area (Å²) in [6.45, 7) is 6.67. The lowest BCUT2D eigenvalue weighted by Crippen LogP contribution is -2.54. The molecule has 0 aromatic rings. The summed E-state index contributed by atoms with van der Waals surface area (Å²) in [7, 11) is -3.60. The van der Waals surface area contributed by atoms with Crippen molar-refractivity contribution >= 4 is 27.4 Å². The van der Waals surface area contributed by atoms with Crippen molar-refractivity contribution in [3.63, 3.8) is 0 Å². The van der Waals surface area contributed by atoms with Gasteiger partial charge in [-0.2, -0.15) is 8.42 Å². The van der Waals surface area contributed by atoms with E-state index in [0.29, 0.717) is 24.2 Å². The maximum absolute atomic E-state index is 11.4. The van der Waals surface area contributed by atoms with Crippen LogP contribution in [-0.2, 0) is 14.4 Å². The van der Waals surface area contributed by atoms with Crippen molar-refractivity contribution < 1.29 is 17.8 Å². The molecule has 0 aromatic heterocycles. The normalized spacial score (nSPS) is 44.6. The van der Waals surface area contributed by atoms with Crippen LogP contribution in [0.3, 0.4) is 0 Å². The number of oxime groups is 1. The largest absolute Gasteiger partial charge is 0.377 e. The molecular weight excluding hydrogens is 422 g/mol. The number of nitrogens with zero attached hydrogens (tertiary/aromatic N) is 1. The van der Waals surface area contributed by atoms with E-state index in [1.54, 1.807) is 0 Å². The molecule has 1 N–H and O–H groups in total. The minimum atomic E-state index is -3.60. The van der Waals surface area contributed by atoms with Gasteiger partial charge in [-0.3, -0.25) is 4.28 Å². The second kappa shape index (κ2) is 7.25. The average Bonchev–Trinajstić information content (AvgIpc) is 2.92. The van der Waals surface area contributed by atoms with E-state index in [0.717, 1.165) is 62.5 Å². The minimum Gasteiger partial charge on any atom is -0.377 e. The molecule has 166 valence electrons.